The molecule has 1 unspecified atom stereocenters. The second-order valence-electron chi connectivity index (χ2n) is 4.05. The van der Waals surface area contributed by atoms with E-state index in [2.05, 4.69) is 42.2 Å². The van der Waals surface area contributed by atoms with Crippen LogP contribution in [0.25, 0.3) is 0 Å². The lowest BCUT2D eigenvalue weighted by Crippen LogP contribution is -2.13. The standard InChI is InChI=1S/C13H13Br2N3O/c14-9-5-11(15)13(17-6-9)18-7-12(19)8-1-3-10(16)4-2-8/h1-6,12,19H,7,16H2,(H,17,18). The van der Waals surface area contributed by atoms with E-state index in [4.69, 9.17) is 5.73 Å². The molecule has 1 aromatic heterocycles. The van der Waals surface area contributed by atoms with Crippen molar-refractivity contribution in [1.82, 2.24) is 4.98 Å². The highest BCUT2D eigenvalue weighted by Crippen LogP contribution is 2.24. The van der Waals surface area contributed by atoms with E-state index in [1.165, 1.54) is 0 Å². The van der Waals surface area contributed by atoms with Gasteiger partial charge in [-0.25, -0.2) is 4.98 Å². The van der Waals surface area contributed by atoms with E-state index >= 15 is 0 Å². The number of rotatable bonds is 4. The van der Waals surface area contributed by atoms with E-state index in [1.807, 2.05) is 18.2 Å². The Balaban J connectivity index is 2.00. The van der Waals surface area contributed by atoms with Crippen molar-refractivity contribution in [3.05, 3.63) is 51.0 Å². The van der Waals surface area contributed by atoms with Gasteiger partial charge in [0.1, 0.15) is 5.82 Å². The summed E-state index contributed by atoms with van der Waals surface area (Å²) in [5, 5.41) is 13.2. The van der Waals surface area contributed by atoms with E-state index < -0.39 is 6.10 Å². The molecule has 0 saturated carbocycles. The highest BCUT2D eigenvalue weighted by Gasteiger charge is 2.09. The maximum atomic E-state index is 10.1. The number of nitrogens with zero attached hydrogens (tertiary/aromatic N) is 1. The molecule has 0 bridgehead atoms. The third kappa shape index (κ3) is 3.92. The van der Waals surface area contributed by atoms with Crippen LogP contribution in [0.1, 0.15) is 11.7 Å². The molecule has 0 radical (unpaired) electrons. The minimum atomic E-state index is -0.613. The summed E-state index contributed by atoms with van der Waals surface area (Å²) < 4.78 is 1.73. The Labute approximate surface area is 128 Å². The van der Waals surface area contributed by atoms with Crippen LogP contribution in [-0.4, -0.2) is 16.6 Å². The van der Waals surface area contributed by atoms with Crippen molar-refractivity contribution in [2.24, 2.45) is 0 Å². The number of pyridine rings is 1. The largest absolute Gasteiger partial charge is 0.399 e. The van der Waals surface area contributed by atoms with E-state index in [0.717, 1.165) is 14.5 Å². The van der Waals surface area contributed by atoms with Crippen LogP contribution in [0.15, 0.2) is 45.5 Å². The summed E-state index contributed by atoms with van der Waals surface area (Å²) in [5.74, 6) is 0.692. The van der Waals surface area contributed by atoms with Gasteiger partial charge in [0.25, 0.3) is 0 Å². The second-order valence-corrected chi connectivity index (χ2v) is 5.82. The fourth-order valence-corrected chi connectivity index (χ4v) is 2.70. The van der Waals surface area contributed by atoms with Gasteiger partial charge >= 0.3 is 0 Å². The van der Waals surface area contributed by atoms with Gasteiger partial charge in [0.2, 0.25) is 0 Å². The number of benzene rings is 1. The van der Waals surface area contributed by atoms with E-state index in [9.17, 15) is 5.11 Å². The van der Waals surface area contributed by atoms with Crippen molar-refractivity contribution >= 4 is 43.4 Å². The Morgan fingerprint density at radius 3 is 2.58 bits per heavy atom. The molecule has 100 valence electrons. The summed E-state index contributed by atoms with van der Waals surface area (Å²) in [6.45, 7) is 0.372. The number of aliphatic hydroxyl groups is 1. The minimum Gasteiger partial charge on any atom is -0.399 e. The maximum absolute atomic E-state index is 10.1. The van der Waals surface area contributed by atoms with Crippen LogP contribution in [0.5, 0.6) is 0 Å². The molecule has 2 aromatic rings. The summed E-state index contributed by atoms with van der Waals surface area (Å²) in [6.07, 6.45) is 1.08. The summed E-state index contributed by atoms with van der Waals surface area (Å²) in [6, 6.07) is 9.06. The SMILES string of the molecule is Nc1ccc(C(O)CNc2ncc(Br)cc2Br)cc1. The zero-order valence-corrected chi connectivity index (χ0v) is 13.1. The Hall–Kier alpha value is -1.11. The topological polar surface area (TPSA) is 71.2 Å². The lowest BCUT2D eigenvalue weighted by molar-refractivity contribution is 0.191. The van der Waals surface area contributed by atoms with E-state index in [1.54, 1.807) is 18.3 Å². The van der Waals surface area contributed by atoms with Crippen molar-refractivity contribution in [1.29, 1.82) is 0 Å². The van der Waals surface area contributed by atoms with Crippen LogP contribution >= 0.6 is 31.9 Å². The molecule has 0 amide bonds. The predicted octanol–water partition coefficient (Wildman–Crippen LogP) is 3.33. The molecule has 0 spiro atoms. The number of hydrogen-bond donors (Lipinski definition) is 3. The first kappa shape index (κ1) is 14.3. The van der Waals surface area contributed by atoms with Crippen molar-refractivity contribution in [3.8, 4) is 0 Å². The van der Waals surface area contributed by atoms with Crippen molar-refractivity contribution in [3.63, 3.8) is 0 Å². The Kier molecular flexibility index (Phi) is 4.79. The van der Waals surface area contributed by atoms with Crippen LogP contribution in [-0.2, 0) is 0 Å². The second kappa shape index (κ2) is 6.36. The number of aliphatic hydroxyl groups excluding tert-OH is 1. The summed E-state index contributed by atoms with van der Waals surface area (Å²) in [4.78, 5) is 4.22. The Morgan fingerprint density at radius 1 is 1.26 bits per heavy atom. The molecule has 2 rings (SSSR count). The smallest absolute Gasteiger partial charge is 0.140 e. The molecular formula is C13H13Br2N3O. The van der Waals surface area contributed by atoms with Crippen molar-refractivity contribution < 1.29 is 5.11 Å². The number of nitrogens with one attached hydrogen (secondary N) is 1. The van der Waals surface area contributed by atoms with Gasteiger partial charge in [0, 0.05) is 22.9 Å². The van der Waals surface area contributed by atoms with Gasteiger partial charge in [-0.2, -0.15) is 0 Å². The number of aromatic nitrogens is 1. The Bertz CT molecular complexity index is 560. The highest BCUT2D eigenvalue weighted by molar-refractivity contribution is 9.11. The summed E-state index contributed by atoms with van der Waals surface area (Å²) in [7, 11) is 0. The van der Waals surface area contributed by atoms with Gasteiger partial charge in [-0.15, -0.1) is 0 Å². The molecule has 19 heavy (non-hydrogen) atoms. The van der Waals surface area contributed by atoms with Crippen molar-refractivity contribution in [2.45, 2.75) is 6.10 Å². The lowest BCUT2D eigenvalue weighted by Gasteiger charge is -2.13. The van der Waals surface area contributed by atoms with E-state index in [-0.39, 0.29) is 0 Å². The number of halogens is 2. The van der Waals surface area contributed by atoms with Gasteiger partial charge in [-0.1, -0.05) is 12.1 Å². The summed E-state index contributed by atoms with van der Waals surface area (Å²) >= 11 is 6.75. The molecule has 0 aliphatic carbocycles. The van der Waals surface area contributed by atoms with E-state index in [0.29, 0.717) is 18.1 Å². The number of nitrogen functional groups attached to an aromatic ring is 1. The third-order valence-electron chi connectivity index (χ3n) is 2.59. The number of hydrogen-bond acceptors (Lipinski definition) is 4. The molecule has 0 aliphatic rings. The first-order chi connectivity index (χ1) is 9.06. The molecule has 0 aliphatic heterocycles. The van der Waals surface area contributed by atoms with Crippen LogP contribution < -0.4 is 11.1 Å². The van der Waals surface area contributed by atoms with Crippen LogP contribution in [0.2, 0.25) is 0 Å². The molecular weight excluding hydrogens is 374 g/mol. The molecule has 4 nitrogen and oxygen atoms in total. The van der Waals surface area contributed by atoms with Crippen molar-refractivity contribution in [2.75, 3.05) is 17.6 Å². The zero-order valence-electron chi connectivity index (χ0n) is 9.98. The van der Waals surface area contributed by atoms with Crippen LogP contribution in [0, 0.1) is 0 Å². The highest BCUT2D eigenvalue weighted by atomic mass is 79.9. The molecule has 1 heterocycles. The quantitative estimate of drug-likeness (QED) is 0.704. The predicted molar refractivity (Wildman–Crippen MR) is 83.9 cm³/mol. The van der Waals surface area contributed by atoms with Gasteiger partial charge in [-0.05, 0) is 55.6 Å². The normalized spacial score (nSPS) is 12.2. The average molecular weight is 387 g/mol. The zero-order chi connectivity index (χ0) is 13.8. The lowest BCUT2D eigenvalue weighted by atomic mass is 10.1. The van der Waals surface area contributed by atoms with Gasteiger partial charge in [-0.3, -0.25) is 0 Å². The Morgan fingerprint density at radius 2 is 1.95 bits per heavy atom. The molecule has 0 fully saturated rings. The van der Waals surface area contributed by atoms with Crippen LogP contribution in [0.3, 0.4) is 0 Å². The van der Waals surface area contributed by atoms with Gasteiger partial charge < -0.3 is 16.2 Å². The average Bonchev–Trinajstić information content (AvgIpc) is 2.38. The van der Waals surface area contributed by atoms with Gasteiger partial charge in [0.15, 0.2) is 0 Å². The fraction of sp³-hybridized carbons (Fsp3) is 0.154. The first-order valence-electron chi connectivity index (χ1n) is 5.64. The summed E-state index contributed by atoms with van der Waals surface area (Å²) in [5.41, 5.74) is 7.10. The molecule has 4 N–H and O–H groups in total. The van der Waals surface area contributed by atoms with Crippen LogP contribution in [0.4, 0.5) is 11.5 Å². The number of nitrogens with two attached hydrogens (primary N) is 1. The molecule has 0 saturated heterocycles. The maximum Gasteiger partial charge on any atom is 0.140 e. The molecule has 1 aromatic carbocycles. The third-order valence-corrected chi connectivity index (χ3v) is 3.63. The monoisotopic (exact) mass is 385 g/mol. The molecule has 1 atom stereocenters. The first-order valence-corrected chi connectivity index (χ1v) is 7.23. The fourth-order valence-electron chi connectivity index (χ4n) is 1.57. The van der Waals surface area contributed by atoms with Gasteiger partial charge in [0.05, 0.1) is 10.6 Å². The minimum absolute atomic E-state index is 0.372. The number of anilines is 2. The molecule has 6 heteroatoms.